The van der Waals surface area contributed by atoms with Crippen LogP contribution in [-0.4, -0.2) is 27.7 Å². The Labute approximate surface area is 119 Å². The molecule has 2 rings (SSSR count). The second-order valence-electron chi connectivity index (χ2n) is 6.54. The summed E-state index contributed by atoms with van der Waals surface area (Å²) in [7, 11) is 0. The monoisotopic (exact) mass is 282 g/mol. The average molecular weight is 282 g/mol. The number of nitrogens with one attached hydrogen (secondary N) is 1. The van der Waals surface area contributed by atoms with Gasteiger partial charge in [-0.05, 0) is 46.5 Å². The van der Waals surface area contributed by atoms with E-state index in [9.17, 15) is 10.1 Å². The normalized spacial score (nSPS) is 34.2. The second-order valence-corrected chi connectivity index (χ2v) is 8.15. The number of fused-ring (bicyclic) bond motifs is 2. The Morgan fingerprint density at radius 2 is 1.95 bits per heavy atom. The molecule has 2 unspecified atom stereocenters. The Kier molecular flexibility index (Phi) is 4.00. The smallest absolute Gasteiger partial charge is 0.408 e. The van der Waals surface area contributed by atoms with E-state index in [0.717, 1.165) is 25.7 Å². The van der Waals surface area contributed by atoms with Gasteiger partial charge in [0.05, 0.1) is 6.07 Å². The van der Waals surface area contributed by atoms with Gasteiger partial charge in [0.25, 0.3) is 0 Å². The zero-order chi connectivity index (χ0) is 14.1. The fourth-order valence-corrected chi connectivity index (χ4v) is 4.77. The van der Waals surface area contributed by atoms with Crippen LogP contribution in [0.1, 0.15) is 52.9 Å². The van der Waals surface area contributed by atoms with E-state index in [0.29, 0.717) is 10.5 Å². The van der Waals surface area contributed by atoms with Gasteiger partial charge in [-0.15, -0.1) is 0 Å². The Hall–Kier alpha value is -0.890. The predicted octanol–water partition coefficient (Wildman–Crippen LogP) is 3.22. The maximum absolute atomic E-state index is 11.9. The fraction of sp³-hybridized carbons (Fsp3) is 0.857. The van der Waals surface area contributed by atoms with E-state index in [2.05, 4.69) is 11.4 Å². The van der Waals surface area contributed by atoms with Crippen LogP contribution in [0.3, 0.4) is 0 Å². The number of thioether (sulfide) groups is 1. The third kappa shape index (κ3) is 3.79. The highest BCUT2D eigenvalue weighted by molar-refractivity contribution is 8.00. The van der Waals surface area contributed by atoms with Crippen LogP contribution in [0.2, 0.25) is 0 Å². The van der Waals surface area contributed by atoms with Crippen LogP contribution in [0.15, 0.2) is 0 Å². The van der Waals surface area contributed by atoms with E-state index in [1.807, 2.05) is 32.5 Å². The maximum atomic E-state index is 11.9. The Morgan fingerprint density at radius 3 is 2.42 bits per heavy atom. The highest BCUT2D eigenvalue weighted by atomic mass is 32.2. The molecule has 2 fully saturated rings. The van der Waals surface area contributed by atoms with Gasteiger partial charge in [0, 0.05) is 10.5 Å². The highest BCUT2D eigenvalue weighted by Gasteiger charge is 2.44. The molecular formula is C14H22N2O2S. The SMILES string of the molecule is CC(C)(C)OC(=O)NC1(C#N)CC2CCCC(C1)S2. The quantitative estimate of drug-likeness (QED) is 0.802. The van der Waals surface area contributed by atoms with Crippen LogP contribution in [0.25, 0.3) is 0 Å². The lowest BCUT2D eigenvalue weighted by atomic mass is 9.84. The largest absolute Gasteiger partial charge is 0.444 e. The summed E-state index contributed by atoms with van der Waals surface area (Å²) in [6.07, 6.45) is 4.56. The molecule has 19 heavy (non-hydrogen) atoms. The van der Waals surface area contributed by atoms with Crippen molar-refractivity contribution >= 4 is 17.9 Å². The van der Waals surface area contributed by atoms with Gasteiger partial charge in [-0.2, -0.15) is 17.0 Å². The predicted molar refractivity (Wildman–Crippen MR) is 76.0 cm³/mol. The summed E-state index contributed by atoms with van der Waals surface area (Å²) in [4.78, 5) is 11.9. The number of carbonyl (C=O) groups excluding carboxylic acids is 1. The lowest BCUT2D eigenvalue weighted by Gasteiger charge is -2.43. The van der Waals surface area contributed by atoms with E-state index in [4.69, 9.17) is 4.74 Å². The fourth-order valence-electron chi connectivity index (χ4n) is 2.86. The summed E-state index contributed by atoms with van der Waals surface area (Å²) in [5.74, 6) is 0. The number of hydrogen-bond donors (Lipinski definition) is 1. The lowest BCUT2D eigenvalue weighted by molar-refractivity contribution is 0.0467. The molecule has 1 amide bonds. The zero-order valence-corrected chi connectivity index (χ0v) is 12.7. The molecule has 106 valence electrons. The molecule has 0 aliphatic carbocycles. The van der Waals surface area contributed by atoms with Crippen molar-refractivity contribution in [2.24, 2.45) is 0 Å². The van der Waals surface area contributed by atoms with Crippen LogP contribution in [-0.2, 0) is 4.74 Å². The topological polar surface area (TPSA) is 62.1 Å². The highest BCUT2D eigenvalue weighted by Crippen LogP contribution is 2.45. The minimum atomic E-state index is -0.733. The molecule has 1 N–H and O–H groups in total. The van der Waals surface area contributed by atoms with Gasteiger partial charge in [0.2, 0.25) is 0 Å². The number of carbonyl (C=O) groups is 1. The first-order valence-electron chi connectivity index (χ1n) is 6.90. The summed E-state index contributed by atoms with van der Waals surface area (Å²) in [6.45, 7) is 5.49. The number of nitriles is 1. The van der Waals surface area contributed by atoms with Crippen LogP contribution >= 0.6 is 11.8 Å². The zero-order valence-electron chi connectivity index (χ0n) is 11.9. The summed E-state index contributed by atoms with van der Waals surface area (Å²) < 4.78 is 5.28. The molecule has 2 aliphatic heterocycles. The van der Waals surface area contributed by atoms with Gasteiger partial charge in [0.1, 0.15) is 11.1 Å². The molecule has 2 saturated heterocycles. The van der Waals surface area contributed by atoms with E-state index in [1.54, 1.807) is 0 Å². The van der Waals surface area contributed by atoms with E-state index in [1.165, 1.54) is 6.42 Å². The number of nitrogens with zero attached hydrogens (tertiary/aromatic N) is 1. The summed E-state index contributed by atoms with van der Waals surface area (Å²) in [5, 5.41) is 13.3. The molecule has 2 heterocycles. The first-order valence-corrected chi connectivity index (χ1v) is 7.84. The summed E-state index contributed by atoms with van der Waals surface area (Å²) in [5.41, 5.74) is -1.26. The number of amides is 1. The standard InChI is InChI=1S/C14H22N2O2S/c1-13(2,3)18-12(17)16-14(9-15)7-10-5-4-6-11(8-14)19-10/h10-11H,4-8H2,1-3H3,(H,16,17). The summed E-state index contributed by atoms with van der Waals surface area (Å²) in [6, 6.07) is 2.34. The maximum Gasteiger partial charge on any atom is 0.408 e. The summed E-state index contributed by atoms with van der Waals surface area (Å²) >= 11 is 1.99. The first kappa shape index (κ1) is 14.5. The van der Waals surface area contributed by atoms with Crippen molar-refractivity contribution in [2.75, 3.05) is 0 Å². The van der Waals surface area contributed by atoms with Crippen LogP contribution in [0, 0.1) is 11.3 Å². The van der Waals surface area contributed by atoms with E-state index in [-0.39, 0.29) is 0 Å². The van der Waals surface area contributed by atoms with Crippen molar-refractivity contribution in [3.63, 3.8) is 0 Å². The van der Waals surface area contributed by atoms with Gasteiger partial charge in [-0.1, -0.05) is 6.42 Å². The second kappa shape index (κ2) is 5.24. The Balaban J connectivity index is 2.03. The molecule has 4 nitrogen and oxygen atoms in total. The third-order valence-electron chi connectivity index (χ3n) is 3.54. The van der Waals surface area contributed by atoms with Gasteiger partial charge in [-0.3, -0.25) is 0 Å². The molecule has 0 aromatic rings. The number of rotatable bonds is 1. The molecule has 0 saturated carbocycles. The first-order chi connectivity index (χ1) is 8.82. The van der Waals surface area contributed by atoms with Crippen molar-refractivity contribution in [3.05, 3.63) is 0 Å². The van der Waals surface area contributed by atoms with Crippen molar-refractivity contribution in [1.29, 1.82) is 5.26 Å². The molecule has 0 aromatic heterocycles. The molecule has 2 bridgehead atoms. The number of hydrogen-bond acceptors (Lipinski definition) is 4. The van der Waals surface area contributed by atoms with Crippen molar-refractivity contribution < 1.29 is 9.53 Å². The molecule has 2 atom stereocenters. The number of ether oxygens (including phenoxy) is 1. The van der Waals surface area contributed by atoms with Crippen LogP contribution < -0.4 is 5.32 Å². The average Bonchev–Trinajstić information content (AvgIpc) is 2.25. The Morgan fingerprint density at radius 1 is 1.37 bits per heavy atom. The minimum Gasteiger partial charge on any atom is -0.444 e. The molecule has 2 aliphatic rings. The van der Waals surface area contributed by atoms with Gasteiger partial charge in [0.15, 0.2) is 0 Å². The number of alkyl carbamates (subject to hydrolysis) is 1. The van der Waals surface area contributed by atoms with Gasteiger partial charge >= 0.3 is 6.09 Å². The minimum absolute atomic E-state index is 0.473. The Bertz CT molecular complexity index is 385. The third-order valence-corrected chi connectivity index (χ3v) is 5.12. The molecule has 0 radical (unpaired) electrons. The molecule has 0 spiro atoms. The van der Waals surface area contributed by atoms with Crippen LogP contribution in [0.4, 0.5) is 4.79 Å². The van der Waals surface area contributed by atoms with Crippen molar-refractivity contribution in [3.8, 4) is 6.07 Å². The van der Waals surface area contributed by atoms with Crippen molar-refractivity contribution in [1.82, 2.24) is 5.32 Å². The van der Waals surface area contributed by atoms with E-state index < -0.39 is 17.2 Å². The van der Waals surface area contributed by atoms with Gasteiger partial charge in [-0.25, -0.2) is 4.79 Å². The van der Waals surface area contributed by atoms with E-state index >= 15 is 0 Å². The molecule has 0 aromatic carbocycles. The lowest BCUT2D eigenvalue weighted by Crippen LogP contribution is -2.55. The molecular weight excluding hydrogens is 260 g/mol. The van der Waals surface area contributed by atoms with Crippen LogP contribution in [0.5, 0.6) is 0 Å². The van der Waals surface area contributed by atoms with Crippen molar-refractivity contribution in [2.45, 2.75) is 74.5 Å². The van der Waals surface area contributed by atoms with Gasteiger partial charge < -0.3 is 10.1 Å². The molecule has 5 heteroatoms.